The van der Waals surface area contributed by atoms with E-state index in [-0.39, 0.29) is 18.1 Å². The van der Waals surface area contributed by atoms with Gasteiger partial charge in [0, 0.05) is 38.8 Å². The number of carbonyl (C=O) groups is 1. The van der Waals surface area contributed by atoms with Crippen LogP contribution in [0.25, 0.3) is 0 Å². The molecule has 0 radical (unpaired) electrons. The van der Waals surface area contributed by atoms with E-state index in [4.69, 9.17) is 19.3 Å². The number of carboxylic acid groups (broad SMARTS) is 1. The van der Waals surface area contributed by atoms with Crippen LogP contribution >= 0.6 is 0 Å². The molecular weight excluding hydrogens is 262 g/mol. The zero-order chi connectivity index (χ0) is 14.0. The van der Waals surface area contributed by atoms with Crippen molar-refractivity contribution in [3.05, 3.63) is 0 Å². The molecule has 0 aliphatic carbocycles. The minimum Gasteiger partial charge on any atom is -0.481 e. The van der Waals surface area contributed by atoms with Gasteiger partial charge in [-0.2, -0.15) is 0 Å². The minimum absolute atomic E-state index is 0.0912. The third kappa shape index (κ3) is 3.14. The van der Waals surface area contributed by atoms with Gasteiger partial charge in [0.25, 0.3) is 0 Å². The Kier molecular flexibility index (Phi) is 4.26. The summed E-state index contributed by atoms with van der Waals surface area (Å²) in [6, 6.07) is 0.464. The van der Waals surface area contributed by atoms with Crippen molar-refractivity contribution in [3.8, 4) is 0 Å². The molecule has 3 aliphatic heterocycles. The molecule has 6 nitrogen and oxygen atoms in total. The van der Waals surface area contributed by atoms with E-state index >= 15 is 0 Å². The van der Waals surface area contributed by atoms with Gasteiger partial charge in [0.15, 0.2) is 0 Å². The van der Waals surface area contributed by atoms with Gasteiger partial charge in [0.05, 0.1) is 31.3 Å². The van der Waals surface area contributed by atoms with Crippen LogP contribution in [0.15, 0.2) is 0 Å². The van der Waals surface area contributed by atoms with Gasteiger partial charge >= 0.3 is 5.97 Å². The van der Waals surface area contributed by atoms with Crippen LogP contribution < -0.4 is 0 Å². The molecule has 0 saturated carbocycles. The van der Waals surface area contributed by atoms with Crippen LogP contribution in [0.3, 0.4) is 0 Å². The lowest BCUT2D eigenvalue weighted by molar-refractivity contribution is -0.146. The van der Waals surface area contributed by atoms with Crippen molar-refractivity contribution in [2.75, 3.05) is 39.5 Å². The molecule has 20 heavy (non-hydrogen) atoms. The molecule has 3 unspecified atom stereocenters. The highest BCUT2D eigenvalue weighted by Crippen LogP contribution is 2.35. The molecule has 0 amide bonds. The molecule has 6 heteroatoms. The molecule has 3 atom stereocenters. The summed E-state index contributed by atoms with van der Waals surface area (Å²) in [4.78, 5) is 13.2. The monoisotopic (exact) mass is 285 g/mol. The average Bonchev–Trinajstić information content (AvgIpc) is 2.86. The zero-order valence-corrected chi connectivity index (χ0v) is 11.8. The van der Waals surface area contributed by atoms with Gasteiger partial charge < -0.3 is 19.3 Å². The topological polar surface area (TPSA) is 68.2 Å². The SMILES string of the molecule is O=C(O)CC1CN(C2CCOC3(CCOC3)C2)CCO1. The molecule has 3 rings (SSSR count). The van der Waals surface area contributed by atoms with E-state index in [1.54, 1.807) is 0 Å². The Morgan fingerprint density at radius 1 is 1.35 bits per heavy atom. The fourth-order valence-corrected chi connectivity index (χ4v) is 3.57. The lowest BCUT2D eigenvalue weighted by Crippen LogP contribution is -2.54. The highest BCUT2D eigenvalue weighted by molar-refractivity contribution is 5.67. The number of hydrogen-bond acceptors (Lipinski definition) is 5. The van der Waals surface area contributed by atoms with Crippen molar-refractivity contribution in [1.29, 1.82) is 0 Å². The molecule has 3 heterocycles. The van der Waals surface area contributed by atoms with Crippen molar-refractivity contribution in [2.45, 2.75) is 43.4 Å². The van der Waals surface area contributed by atoms with Crippen LogP contribution in [0, 0.1) is 0 Å². The summed E-state index contributed by atoms with van der Waals surface area (Å²) in [5.41, 5.74) is -0.0937. The minimum atomic E-state index is -0.788. The zero-order valence-electron chi connectivity index (χ0n) is 11.8. The summed E-state index contributed by atoms with van der Waals surface area (Å²) in [5, 5.41) is 8.89. The molecule has 0 aromatic heterocycles. The number of carboxylic acids is 1. The number of hydrogen-bond donors (Lipinski definition) is 1. The van der Waals surface area contributed by atoms with Gasteiger partial charge in [-0.05, 0) is 12.8 Å². The molecule has 1 N–H and O–H groups in total. The van der Waals surface area contributed by atoms with E-state index in [1.807, 2.05) is 0 Å². The number of rotatable bonds is 3. The van der Waals surface area contributed by atoms with E-state index < -0.39 is 5.97 Å². The Bertz CT molecular complexity index is 355. The molecule has 3 fully saturated rings. The highest BCUT2D eigenvalue weighted by atomic mass is 16.6. The van der Waals surface area contributed by atoms with E-state index in [9.17, 15) is 4.79 Å². The smallest absolute Gasteiger partial charge is 0.306 e. The van der Waals surface area contributed by atoms with Crippen LogP contribution in [0.2, 0.25) is 0 Å². The maximum Gasteiger partial charge on any atom is 0.306 e. The number of ether oxygens (including phenoxy) is 3. The van der Waals surface area contributed by atoms with Crippen LogP contribution in [0.1, 0.15) is 25.7 Å². The summed E-state index contributed by atoms with van der Waals surface area (Å²) in [5.74, 6) is -0.788. The van der Waals surface area contributed by atoms with Crippen molar-refractivity contribution in [2.24, 2.45) is 0 Å². The summed E-state index contributed by atoms with van der Waals surface area (Å²) in [6.07, 6.45) is 2.90. The first-order chi connectivity index (χ1) is 9.67. The Morgan fingerprint density at radius 2 is 2.25 bits per heavy atom. The number of morpholine rings is 1. The number of aliphatic carboxylic acids is 1. The predicted octanol–water partition coefficient (Wildman–Crippen LogP) is 0.500. The quantitative estimate of drug-likeness (QED) is 0.814. The van der Waals surface area contributed by atoms with Crippen molar-refractivity contribution in [3.63, 3.8) is 0 Å². The van der Waals surface area contributed by atoms with Gasteiger partial charge in [0.1, 0.15) is 0 Å². The normalized spacial score (nSPS) is 39.2. The van der Waals surface area contributed by atoms with E-state index in [1.165, 1.54) is 0 Å². The van der Waals surface area contributed by atoms with Gasteiger partial charge in [0.2, 0.25) is 0 Å². The molecule has 3 saturated heterocycles. The second-order valence-corrected chi connectivity index (χ2v) is 6.07. The Morgan fingerprint density at radius 3 is 3.00 bits per heavy atom. The Hall–Kier alpha value is -0.690. The Balaban J connectivity index is 1.58. The lowest BCUT2D eigenvalue weighted by Gasteiger charge is -2.44. The Labute approximate surface area is 119 Å². The van der Waals surface area contributed by atoms with E-state index in [0.29, 0.717) is 25.8 Å². The van der Waals surface area contributed by atoms with Gasteiger partial charge in [-0.15, -0.1) is 0 Å². The molecular formula is C14H23NO5. The molecule has 114 valence electrons. The molecule has 0 aromatic rings. The first kappa shape index (κ1) is 14.3. The fourth-order valence-electron chi connectivity index (χ4n) is 3.57. The third-order valence-electron chi connectivity index (χ3n) is 4.62. The van der Waals surface area contributed by atoms with Gasteiger partial charge in [-0.1, -0.05) is 0 Å². The largest absolute Gasteiger partial charge is 0.481 e. The molecule has 0 bridgehead atoms. The van der Waals surface area contributed by atoms with Crippen LogP contribution in [-0.4, -0.2) is 73.2 Å². The lowest BCUT2D eigenvalue weighted by atomic mass is 9.88. The number of nitrogens with zero attached hydrogens (tertiary/aromatic N) is 1. The molecule has 3 aliphatic rings. The van der Waals surface area contributed by atoms with Gasteiger partial charge in [-0.3, -0.25) is 9.69 Å². The second kappa shape index (κ2) is 5.97. The highest BCUT2D eigenvalue weighted by Gasteiger charge is 2.43. The van der Waals surface area contributed by atoms with Crippen LogP contribution in [0.4, 0.5) is 0 Å². The van der Waals surface area contributed by atoms with E-state index in [0.717, 1.165) is 39.0 Å². The maximum atomic E-state index is 10.8. The fraction of sp³-hybridized carbons (Fsp3) is 0.929. The van der Waals surface area contributed by atoms with Crippen molar-refractivity contribution < 1.29 is 24.1 Å². The first-order valence-electron chi connectivity index (χ1n) is 7.46. The summed E-state index contributed by atoms with van der Waals surface area (Å²) in [6.45, 7) is 4.49. The standard InChI is InChI=1S/C14H23NO5/c16-13(17)7-12-9-15(3-6-19-12)11-1-4-20-14(8-11)2-5-18-10-14/h11-12H,1-10H2,(H,16,17). The average molecular weight is 285 g/mol. The molecule has 1 spiro atoms. The van der Waals surface area contributed by atoms with Crippen molar-refractivity contribution in [1.82, 2.24) is 4.90 Å². The van der Waals surface area contributed by atoms with Crippen molar-refractivity contribution >= 4 is 5.97 Å². The van der Waals surface area contributed by atoms with Crippen LogP contribution in [-0.2, 0) is 19.0 Å². The maximum absolute atomic E-state index is 10.8. The van der Waals surface area contributed by atoms with E-state index in [2.05, 4.69) is 4.90 Å². The third-order valence-corrected chi connectivity index (χ3v) is 4.62. The summed E-state index contributed by atoms with van der Waals surface area (Å²) < 4.78 is 17.0. The van der Waals surface area contributed by atoms with Gasteiger partial charge in [-0.25, -0.2) is 0 Å². The summed E-state index contributed by atoms with van der Waals surface area (Å²) >= 11 is 0. The molecule has 0 aromatic carbocycles. The second-order valence-electron chi connectivity index (χ2n) is 6.07. The van der Waals surface area contributed by atoms with Crippen LogP contribution in [0.5, 0.6) is 0 Å². The summed E-state index contributed by atoms with van der Waals surface area (Å²) in [7, 11) is 0. The first-order valence-corrected chi connectivity index (χ1v) is 7.46. The predicted molar refractivity (Wildman–Crippen MR) is 70.7 cm³/mol.